The Hall–Kier alpha value is -2.98. The summed E-state index contributed by atoms with van der Waals surface area (Å²) >= 11 is 0. The van der Waals surface area contributed by atoms with Gasteiger partial charge in [0.1, 0.15) is 21.5 Å². The molecule has 2 aliphatic heterocycles. The normalized spacial score (nSPS) is 22.7. The van der Waals surface area contributed by atoms with Crippen molar-refractivity contribution in [2.24, 2.45) is 11.8 Å². The maximum Gasteiger partial charge on any atom is 0.227 e. The first-order chi connectivity index (χ1) is 18.0. The second-order valence-corrected chi connectivity index (χ2v) is 13.6. The highest BCUT2D eigenvalue weighted by atomic mass is 32.2. The fraction of sp³-hybridized carbons (Fsp3) is 0.536. The number of nitrogens with zero attached hydrogens (tertiary/aromatic N) is 5. The Labute approximate surface area is 225 Å². The van der Waals surface area contributed by atoms with Gasteiger partial charge in [-0.3, -0.25) is 0 Å². The lowest BCUT2D eigenvalue weighted by Crippen LogP contribution is -2.49. The molecular weight excluding hydrogens is 500 g/mol. The molecule has 0 bridgehead atoms. The topological polar surface area (TPSA) is 112 Å². The lowest BCUT2D eigenvalue weighted by atomic mass is 9.92. The molecule has 4 heterocycles. The summed E-state index contributed by atoms with van der Waals surface area (Å²) in [6.07, 6.45) is 5.36. The van der Waals surface area contributed by atoms with Crippen molar-refractivity contribution in [3.63, 3.8) is 0 Å². The third-order valence-electron chi connectivity index (χ3n) is 7.78. The largest absolute Gasteiger partial charge is 0.393 e. The van der Waals surface area contributed by atoms with Crippen LogP contribution in [0.25, 0.3) is 10.8 Å². The van der Waals surface area contributed by atoms with Gasteiger partial charge in [-0.05, 0) is 54.3 Å². The van der Waals surface area contributed by atoms with Crippen molar-refractivity contribution in [2.75, 3.05) is 46.8 Å². The number of aliphatic hydroxyl groups is 1. The minimum Gasteiger partial charge on any atom is -0.393 e. The molecule has 2 aromatic heterocycles. The zero-order chi connectivity index (χ0) is 27.2. The summed E-state index contributed by atoms with van der Waals surface area (Å²) in [5, 5.41) is 15.8. The summed E-state index contributed by atoms with van der Waals surface area (Å²) in [4.78, 5) is 18.4. The molecule has 204 valence electrons. The predicted molar refractivity (Wildman–Crippen MR) is 153 cm³/mol. The minimum atomic E-state index is -2.98. The Bertz CT molecular complexity index is 1420. The highest BCUT2D eigenvalue weighted by Gasteiger charge is 2.32. The quantitative estimate of drug-likeness (QED) is 0.461. The lowest BCUT2D eigenvalue weighted by Gasteiger charge is -2.41. The molecule has 3 atom stereocenters. The van der Waals surface area contributed by atoms with Crippen LogP contribution in [0.2, 0.25) is 0 Å². The molecule has 2 fully saturated rings. The average Bonchev–Trinajstić information content (AvgIpc) is 2.82. The molecule has 5 rings (SSSR count). The van der Waals surface area contributed by atoms with Crippen molar-refractivity contribution in [3.05, 3.63) is 42.2 Å². The van der Waals surface area contributed by atoms with Crippen LogP contribution in [0.5, 0.6) is 0 Å². The zero-order valence-corrected chi connectivity index (χ0v) is 23.6. The monoisotopic (exact) mass is 538 g/mol. The average molecular weight is 539 g/mol. The molecule has 10 heteroatoms. The number of hydrogen-bond donors (Lipinski definition) is 2. The molecule has 2 saturated heterocycles. The Kier molecular flexibility index (Phi) is 7.21. The summed E-state index contributed by atoms with van der Waals surface area (Å²) in [6, 6.07) is 8.38. The van der Waals surface area contributed by atoms with Gasteiger partial charge in [-0.25, -0.2) is 18.4 Å². The van der Waals surface area contributed by atoms with Crippen molar-refractivity contribution in [2.45, 2.75) is 52.2 Å². The second kappa shape index (κ2) is 10.3. The van der Waals surface area contributed by atoms with Gasteiger partial charge in [0.15, 0.2) is 0 Å². The number of aromatic nitrogens is 3. The van der Waals surface area contributed by atoms with Crippen molar-refractivity contribution in [1.82, 2.24) is 15.0 Å². The number of anilines is 4. The molecule has 2 aliphatic rings. The number of hydrogen-bond acceptors (Lipinski definition) is 9. The van der Waals surface area contributed by atoms with Gasteiger partial charge >= 0.3 is 0 Å². The van der Waals surface area contributed by atoms with Crippen molar-refractivity contribution in [1.29, 1.82) is 0 Å². The van der Waals surface area contributed by atoms with Crippen LogP contribution in [-0.4, -0.2) is 72.3 Å². The molecule has 3 aromatic rings. The fourth-order valence-electron chi connectivity index (χ4n) is 5.68. The highest BCUT2D eigenvalue weighted by molar-refractivity contribution is 7.90. The van der Waals surface area contributed by atoms with Gasteiger partial charge in [0.2, 0.25) is 5.95 Å². The van der Waals surface area contributed by atoms with E-state index in [9.17, 15) is 13.5 Å². The molecule has 1 aromatic carbocycles. The van der Waals surface area contributed by atoms with Crippen LogP contribution in [-0.2, 0) is 9.84 Å². The molecule has 0 amide bonds. The van der Waals surface area contributed by atoms with Gasteiger partial charge in [0.05, 0.1) is 11.9 Å². The van der Waals surface area contributed by atoms with Crippen LogP contribution in [0.15, 0.2) is 36.7 Å². The summed E-state index contributed by atoms with van der Waals surface area (Å²) < 4.78 is 23.4. The highest BCUT2D eigenvalue weighted by Crippen LogP contribution is 2.37. The van der Waals surface area contributed by atoms with Gasteiger partial charge in [0, 0.05) is 61.3 Å². The molecular formula is C28H38N6O3S. The van der Waals surface area contributed by atoms with E-state index in [-0.39, 0.29) is 29.7 Å². The number of sulfone groups is 1. The first-order valence-electron chi connectivity index (χ1n) is 13.4. The van der Waals surface area contributed by atoms with E-state index in [1.54, 1.807) is 6.20 Å². The standard InChI is InChI=1S/C28H38N6O3S/c1-17(2)21-6-7-24(33-14-20(15-33)16-38(5,36)37)23-12-30-27(11-22(21)23)31-26-8-9-29-28(32-26)34-13-18(3)25(35)10-19(34)4/h6-9,11-12,17-20,25,35H,10,13-16H2,1-5H3,(H,29,30,31,32)/t18-,19-,25-/m0/s1. The Morgan fingerprint density at radius 2 is 1.84 bits per heavy atom. The Balaban J connectivity index is 1.40. The van der Waals surface area contributed by atoms with E-state index in [0.29, 0.717) is 36.5 Å². The van der Waals surface area contributed by atoms with Crippen molar-refractivity contribution < 1.29 is 13.5 Å². The van der Waals surface area contributed by atoms with Crippen LogP contribution in [0.4, 0.5) is 23.3 Å². The fourth-order valence-corrected chi connectivity index (χ4v) is 6.75. The Morgan fingerprint density at radius 3 is 2.55 bits per heavy atom. The maximum atomic E-state index is 11.7. The van der Waals surface area contributed by atoms with E-state index in [4.69, 9.17) is 9.97 Å². The maximum absolute atomic E-state index is 11.7. The molecule has 0 aliphatic carbocycles. The number of rotatable bonds is 7. The van der Waals surface area contributed by atoms with E-state index in [1.165, 1.54) is 11.8 Å². The third-order valence-corrected chi connectivity index (χ3v) is 8.86. The Morgan fingerprint density at radius 1 is 1.08 bits per heavy atom. The smallest absolute Gasteiger partial charge is 0.227 e. The number of aliphatic hydroxyl groups excluding tert-OH is 1. The molecule has 9 nitrogen and oxygen atoms in total. The molecule has 0 unspecified atom stereocenters. The molecule has 38 heavy (non-hydrogen) atoms. The van der Waals surface area contributed by atoms with Crippen molar-refractivity contribution >= 4 is 43.9 Å². The summed E-state index contributed by atoms with van der Waals surface area (Å²) in [7, 11) is -2.98. The molecule has 0 saturated carbocycles. The van der Waals surface area contributed by atoms with E-state index in [1.807, 2.05) is 12.3 Å². The van der Waals surface area contributed by atoms with E-state index in [0.717, 1.165) is 29.5 Å². The van der Waals surface area contributed by atoms with Crippen LogP contribution in [0.3, 0.4) is 0 Å². The van der Waals surface area contributed by atoms with Gasteiger partial charge < -0.3 is 20.2 Å². The number of benzene rings is 1. The van der Waals surface area contributed by atoms with Gasteiger partial charge in [-0.15, -0.1) is 0 Å². The van der Waals surface area contributed by atoms with Crippen LogP contribution in [0.1, 0.15) is 45.6 Å². The summed E-state index contributed by atoms with van der Waals surface area (Å²) in [6.45, 7) is 10.7. The van der Waals surface area contributed by atoms with Crippen LogP contribution in [0, 0.1) is 11.8 Å². The predicted octanol–water partition coefficient (Wildman–Crippen LogP) is 3.97. The molecule has 0 radical (unpaired) electrons. The molecule has 0 spiro atoms. The van der Waals surface area contributed by atoms with Crippen LogP contribution < -0.4 is 15.1 Å². The van der Waals surface area contributed by atoms with Crippen molar-refractivity contribution in [3.8, 4) is 0 Å². The van der Waals surface area contributed by atoms with E-state index in [2.05, 4.69) is 66.0 Å². The lowest BCUT2D eigenvalue weighted by molar-refractivity contribution is 0.0834. The number of piperidine rings is 1. The van der Waals surface area contributed by atoms with Gasteiger partial charge in [-0.2, -0.15) is 4.98 Å². The first kappa shape index (κ1) is 26.6. The second-order valence-electron chi connectivity index (χ2n) is 11.5. The van der Waals surface area contributed by atoms with E-state index >= 15 is 0 Å². The van der Waals surface area contributed by atoms with Gasteiger partial charge in [-0.1, -0.05) is 26.8 Å². The third kappa shape index (κ3) is 5.56. The van der Waals surface area contributed by atoms with Crippen LogP contribution >= 0.6 is 0 Å². The van der Waals surface area contributed by atoms with Gasteiger partial charge in [0.25, 0.3) is 0 Å². The summed E-state index contributed by atoms with van der Waals surface area (Å²) in [5.74, 6) is 2.91. The summed E-state index contributed by atoms with van der Waals surface area (Å²) in [5.41, 5.74) is 2.33. The minimum absolute atomic E-state index is 0.154. The number of nitrogens with one attached hydrogen (secondary N) is 1. The van der Waals surface area contributed by atoms with E-state index < -0.39 is 9.84 Å². The number of fused-ring (bicyclic) bond motifs is 1. The SMILES string of the molecule is CC(C)c1ccc(N2CC(CS(C)(=O)=O)C2)c2cnc(Nc3ccnc(N4C[C@H](C)[C@@H](O)C[C@@H]4C)n3)cc12. The molecule has 2 N–H and O–H groups in total. The number of pyridine rings is 1. The zero-order valence-electron chi connectivity index (χ0n) is 22.8. The first-order valence-corrected chi connectivity index (χ1v) is 15.4.